The number of aryl methyl sites for hydroxylation is 1. The van der Waals surface area contributed by atoms with E-state index >= 15 is 0 Å². The first-order valence-corrected chi connectivity index (χ1v) is 12.4. The molecular weight excluding hydrogens is 478 g/mol. The maximum absolute atomic E-state index is 12.8. The molecule has 9 nitrogen and oxygen atoms in total. The van der Waals surface area contributed by atoms with Crippen LogP contribution in [0.4, 0.5) is 28.8 Å². The van der Waals surface area contributed by atoms with Crippen LogP contribution in [-0.2, 0) is 9.84 Å². The summed E-state index contributed by atoms with van der Waals surface area (Å²) in [4.78, 5) is 8.80. The van der Waals surface area contributed by atoms with Crippen molar-refractivity contribution in [1.29, 1.82) is 0 Å². The molecule has 0 saturated heterocycles. The van der Waals surface area contributed by atoms with Crippen molar-refractivity contribution in [1.82, 2.24) is 14.6 Å². The first kappa shape index (κ1) is 25.7. The third-order valence-corrected chi connectivity index (χ3v) is 7.64. The second-order valence-electron chi connectivity index (χ2n) is 8.42. The summed E-state index contributed by atoms with van der Waals surface area (Å²) in [5.41, 5.74) is 2.25. The summed E-state index contributed by atoms with van der Waals surface area (Å²) in [6.45, 7) is 5.08. The van der Waals surface area contributed by atoms with Crippen molar-refractivity contribution in [2.75, 3.05) is 31.8 Å². The summed E-state index contributed by atoms with van der Waals surface area (Å²) in [6.07, 6.45) is 1.41. The second kappa shape index (κ2) is 9.75. The van der Waals surface area contributed by atoms with Gasteiger partial charge in [0.15, 0.2) is 15.7 Å². The largest absolute Gasteiger partial charge is 0.628 e. The van der Waals surface area contributed by atoms with Gasteiger partial charge in [-0.25, -0.2) is 13.4 Å². The van der Waals surface area contributed by atoms with E-state index < -0.39 is 19.7 Å². The molecule has 0 fully saturated rings. The number of hydroxylamine groups is 2. The number of para-hydroxylation sites is 1. The predicted octanol–water partition coefficient (Wildman–Crippen LogP) is 5.18. The maximum Gasteiger partial charge on any atom is 0.229 e. The van der Waals surface area contributed by atoms with E-state index in [1.54, 1.807) is 44.2 Å². The molecule has 34 heavy (non-hydrogen) atoms. The summed E-state index contributed by atoms with van der Waals surface area (Å²) in [7, 11) is 1.04. The van der Waals surface area contributed by atoms with Gasteiger partial charge in [0, 0.05) is 11.6 Å². The Hall–Kier alpha value is -2.92. The fraction of sp³-hybridized carbons (Fsp3) is 0.304. The van der Waals surface area contributed by atoms with Crippen molar-refractivity contribution >= 4 is 50.3 Å². The van der Waals surface area contributed by atoms with Crippen LogP contribution < -0.4 is 20.0 Å². The minimum Gasteiger partial charge on any atom is -0.628 e. The summed E-state index contributed by atoms with van der Waals surface area (Å²) < 4.78 is 30.4. The normalized spacial score (nSPS) is 12.0. The fourth-order valence-electron chi connectivity index (χ4n) is 3.36. The number of benzene rings is 2. The van der Waals surface area contributed by atoms with Crippen LogP contribution in [0.25, 0.3) is 0 Å². The molecule has 0 radical (unpaired) electrons. The van der Waals surface area contributed by atoms with Gasteiger partial charge in [-0.15, -0.1) is 0 Å². The number of anilines is 4. The predicted molar refractivity (Wildman–Crippen MR) is 137 cm³/mol. The van der Waals surface area contributed by atoms with Crippen LogP contribution in [0.15, 0.2) is 47.5 Å². The van der Waals surface area contributed by atoms with E-state index in [1.807, 2.05) is 6.92 Å². The minimum atomic E-state index is -3.54. The molecule has 0 aliphatic rings. The molecule has 11 heteroatoms. The number of hydrogen-bond acceptors (Lipinski definition) is 8. The average Bonchev–Trinajstić information content (AvgIpc) is 2.75. The Morgan fingerprint density at radius 2 is 1.79 bits per heavy atom. The lowest BCUT2D eigenvalue weighted by Crippen LogP contribution is -2.33. The van der Waals surface area contributed by atoms with Crippen LogP contribution in [-0.4, -0.2) is 44.8 Å². The lowest BCUT2D eigenvalue weighted by atomic mass is 10.1. The number of rotatable bonds is 8. The lowest BCUT2D eigenvalue weighted by molar-refractivity contribution is 0.414. The number of hydrogen-bond donors (Lipinski definition) is 2. The smallest absolute Gasteiger partial charge is 0.229 e. The highest BCUT2D eigenvalue weighted by atomic mass is 35.5. The maximum atomic E-state index is 12.8. The molecule has 0 unspecified atom stereocenters. The van der Waals surface area contributed by atoms with E-state index in [9.17, 15) is 13.6 Å². The van der Waals surface area contributed by atoms with E-state index in [2.05, 4.69) is 20.6 Å². The van der Waals surface area contributed by atoms with Gasteiger partial charge in [-0.2, -0.15) is 4.98 Å². The molecule has 1 heterocycles. The average molecular weight is 506 g/mol. The zero-order valence-electron chi connectivity index (χ0n) is 19.9. The molecule has 1 aromatic heterocycles. The van der Waals surface area contributed by atoms with Crippen molar-refractivity contribution in [3.63, 3.8) is 0 Å². The third-order valence-electron chi connectivity index (χ3n) is 5.16. The van der Waals surface area contributed by atoms with Gasteiger partial charge in [0.2, 0.25) is 5.95 Å². The van der Waals surface area contributed by atoms with E-state index in [-0.39, 0.29) is 21.7 Å². The second-order valence-corrected chi connectivity index (χ2v) is 11.3. The third kappa shape index (κ3) is 5.41. The zero-order valence-corrected chi connectivity index (χ0v) is 21.5. The number of nitrogens with zero attached hydrogens (tertiary/aromatic N) is 3. The van der Waals surface area contributed by atoms with Gasteiger partial charge < -0.3 is 25.2 Å². The Kier molecular flexibility index (Phi) is 7.37. The van der Waals surface area contributed by atoms with E-state index in [4.69, 9.17) is 16.3 Å². The first-order chi connectivity index (χ1) is 15.8. The zero-order chi connectivity index (χ0) is 25.3. The number of halogens is 1. The summed E-state index contributed by atoms with van der Waals surface area (Å²) in [6, 6.07) is 10.0. The molecule has 3 aromatic rings. The van der Waals surface area contributed by atoms with Gasteiger partial charge in [0.1, 0.15) is 16.5 Å². The van der Waals surface area contributed by atoms with Crippen LogP contribution in [0.3, 0.4) is 0 Å². The standard InChI is InChI=1S/C23H28ClN5O4S/c1-14(2)34(31,32)21-10-8-7-9-17(21)26-22-16(24)13-25-23(28-22)27-18-11-15(3)19(29(4,5)30)12-20(18)33-6/h7-14H,1-6H3,(H2,25,26,27,28). The SMILES string of the molecule is COc1cc([N+](C)(C)[O-])c(C)cc1Nc1ncc(Cl)c(Nc2ccccc2S(=O)(=O)C(C)C)n1. The van der Waals surface area contributed by atoms with Crippen LogP contribution in [0, 0.1) is 12.1 Å². The fourth-order valence-corrected chi connectivity index (χ4v) is 4.70. The molecule has 0 bridgehead atoms. The van der Waals surface area contributed by atoms with Crippen LogP contribution in [0.1, 0.15) is 19.4 Å². The van der Waals surface area contributed by atoms with Gasteiger partial charge in [0.05, 0.1) is 48.9 Å². The molecule has 0 spiro atoms. The van der Waals surface area contributed by atoms with Gasteiger partial charge in [-0.3, -0.25) is 0 Å². The highest BCUT2D eigenvalue weighted by Gasteiger charge is 2.23. The van der Waals surface area contributed by atoms with Crippen molar-refractivity contribution in [3.8, 4) is 5.75 Å². The van der Waals surface area contributed by atoms with Gasteiger partial charge in [-0.05, 0) is 39.0 Å². The Morgan fingerprint density at radius 1 is 1.12 bits per heavy atom. The Bertz CT molecular complexity index is 1310. The number of ether oxygens (including phenoxy) is 1. The molecule has 3 rings (SSSR count). The van der Waals surface area contributed by atoms with Crippen LogP contribution in [0.2, 0.25) is 5.02 Å². The van der Waals surface area contributed by atoms with Gasteiger partial charge in [-0.1, -0.05) is 23.7 Å². The highest BCUT2D eigenvalue weighted by Crippen LogP contribution is 2.36. The molecule has 0 aliphatic heterocycles. The van der Waals surface area contributed by atoms with Crippen LogP contribution in [0.5, 0.6) is 5.75 Å². The van der Waals surface area contributed by atoms with Gasteiger partial charge >= 0.3 is 0 Å². The molecule has 2 N–H and O–H groups in total. The highest BCUT2D eigenvalue weighted by molar-refractivity contribution is 7.92. The quantitative estimate of drug-likeness (QED) is 0.317. The first-order valence-electron chi connectivity index (χ1n) is 10.5. The molecule has 0 amide bonds. The van der Waals surface area contributed by atoms with Crippen molar-refractivity contribution in [3.05, 3.63) is 58.4 Å². The molecule has 182 valence electrons. The molecule has 0 saturated carbocycles. The summed E-state index contributed by atoms with van der Waals surface area (Å²) >= 11 is 6.31. The Balaban J connectivity index is 1.98. The molecular formula is C23H28ClN5O4S. The Labute approximate surface area is 204 Å². The lowest BCUT2D eigenvalue weighted by Gasteiger charge is -2.34. The number of quaternary nitrogens is 1. The Morgan fingerprint density at radius 3 is 2.41 bits per heavy atom. The number of nitrogens with one attached hydrogen (secondary N) is 2. The molecule has 0 atom stereocenters. The molecule has 2 aromatic carbocycles. The van der Waals surface area contributed by atoms with Crippen molar-refractivity contribution in [2.45, 2.75) is 30.9 Å². The molecule has 0 aliphatic carbocycles. The van der Waals surface area contributed by atoms with Crippen LogP contribution >= 0.6 is 11.6 Å². The number of aromatic nitrogens is 2. The van der Waals surface area contributed by atoms with E-state index in [0.29, 0.717) is 22.8 Å². The van der Waals surface area contributed by atoms with Gasteiger partial charge in [0.25, 0.3) is 0 Å². The minimum absolute atomic E-state index is 0.153. The van der Waals surface area contributed by atoms with Crippen molar-refractivity contribution < 1.29 is 13.2 Å². The van der Waals surface area contributed by atoms with Crippen molar-refractivity contribution in [2.24, 2.45) is 0 Å². The summed E-state index contributed by atoms with van der Waals surface area (Å²) in [5, 5.41) is 18.2. The van der Waals surface area contributed by atoms with E-state index in [0.717, 1.165) is 5.56 Å². The topological polar surface area (TPSA) is 116 Å². The number of sulfone groups is 1. The van der Waals surface area contributed by atoms with E-state index in [1.165, 1.54) is 33.5 Å². The summed E-state index contributed by atoms with van der Waals surface area (Å²) in [5.74, 6) is 0.886. The monoisotopic (exact) mass is 505 g/mol. The number of methoxy groups -OCH3 is 1.